The average molecular weight is 340 g/mol. The molecule has 1 aromatic heterocycles. The van der Waals surface area contributed by atoms with E-state index in [1.807, 2.05) is 32.0 Å². The van der Waals surface area contributed by atoms with Gasteiger partial charge in [-0.15, -0.1) is 0 Å². The molecule has 0 aliphatic rings. The van der Waals surface area contributed by atoms with Crippen LogP contribution < -0.4 is 5.32 Å². The van der Waals surface area contributed by atoms with Gasteiger partial charge >= 0.3 is 0 Å². The summed E-state index contributed by atoms with van der Waals surface area (Å²) in [5.41, 5.74) is 3.32. The summed E-state index contributed by atoms with van der Waals surface area (Å²) in [4.78, 5) is 16.1. The molecule has 0 atom stereocenters. The maximum absolute atomic E-state index is 12.2. The van der Waals surface area contributed by atoms with Gasteiger partial charge < -0.3 is 5.32 Å². The lowest BCUT2D eigenvalue weighted by Gasteiger charge is -2.08. The van der Waals surface area contributed by atoms with Crippen molar-refractivity contribution in [2.75, 3.05) is 5.32 Å². The van der Waals surface area contributed by atoms with E-state index in [4.69, 9.17) is 11.6 Å². The Morgan fingerprint density at radius 2 is 2.05 bits per heavy atom. The van der Waals surface area contributed by atoms with Crippen LogP contribution in [0.2, 0.25) is 5.15 Å². The Morgan fingerprint density at radius 1 is 1.32 bits per heavy atom. The number of nitrogens with zero attached hydrogens (tertiary/aromatic N) is 1. The molecular weight excluding hydrogens is 328 g/mol. The minimum absolute atomic E-state index is 0.159. The number of aryl methyl sites for hydroxylation is 2. The second kappa shape index (κ2) is 5.72. The highest BCUT2D eigenvalue weighted by atomic mass is 79.9. The van der Waals surface area contributed by atoms with E-state index in [2.05, 4.69) is 26.2 Å². The fourth-order valence-electron chi connectivity index (χ4n) is 1.76. The molecule has 2 aromatic rings. The number of carbonyl (C=O) groups is 1. The van der Waals surface area contributed by atoms with Crippen molar-refractivity contribution in [2.45, 2.75) is 13.8 Å². The van der Waals surface area contributed by atoms with Crippen molar-refractivity contribution in [1.29, 1.82) is 0 Å². The summed E-state index contributed by atoms with van der Waals surface area (Å²) in [7, 11) is 0. The standard InChI is InChI=1S/C14H12BrClN2O/c1-8-3-4-11(9(2)5-8)14(19)18-10-6-12(15)13(16)17-7-10/h3-7H,1-2H3,(H,18,19). The molecule has 0 radical (unpaired) electrons. The summed E-state index contributed by atoms with van der Waals surface area (Å²) < 4.78 is 0.646. The third-order valence-electron chi connectivity index (χ3n) is 2.68. The molecule has 19 heavy (non-hydrogen) atoms. The summed E-state index contributed by atoms with van der Waals surface area (Å²) in [5.74, 6) is -0.159. The van der Waals surface area contributed by atoms with E-state index >= 15 is 0 Å². The number of amides is 1. The van der Waals surface area contributed by atoms with Crippen molar-refractivity contribution in [2.24, 2.45) is 0 Å². The summed E-state index contributed by atoms with van der Waals surface area (Å²) in [6.45, 7) is 3.91. The maximum Gasteiger partial charge on any atom is 0.255 e. The van der Waals surface area contributed by atoms with Crippen LogP contribution in [0.25, 0.3) is 0 Å². The van der Waals surface area contributed by atoms with E-state index in [0.717, 1.165) is 11.1 Å². The molecule has 0 saturated carbocycles. The third-order valence-corrected chi connectivity index (χ3v) is 3.81. The highest BCUT2D eigenvalue weighted by Crippen LogP contribution is 2.23. The van der Waals surface area contributed by atoms with E-state index in [9.17, 15) is 4.79 Å². The van der Waals surface area contributed by atoms with E-state index in [1.54, 1.807) is 6.07 Å². The summed E-state index contributed by atoms with van der Waals surface area (Å²) >= 11 is 9.08. The smallest absolute Gasteiger partial charge is 0.255 e. The molecule has 0 bridgehead atoms. The van der Waals surface area contributed by atoms with E-state index in [1.165, 1.54) is 6.20 Å². The lowest BCUT2D eigenvalue weighted by Crippen LogP contribution is -2.13. The van der Waals surface area contributed by atoms with Crippen molar-refractivity contribution in [3.63, 3.8) is 0 Å². The Labute approximate surface area is 125 Å². The zero-order chi connectivity index (χ0) is 14.0. The van der Waals surface area contributed by atoms with Crippen molar-refractivity contribution in [3.8, 4) is 0 Å². The average Bonchev–Trinajstić information content (AvgIpc) is 2.33. The summed E-state index contributed by atoms with van der Waals surface area (Å²) in [6, 6.07) is 7.43. The van der Waals surface area contributed by atoms with Gasteiger partial charge in [0.05, 0.1) is 16.4 Å². The Bertz CT molecular complexity index is 643. The van der Waals surface area contributed by atoms with Crippen LogP contribution in [0.4, 0.5) is 5.69 Å². The highest BCUT2D eigenvalue weighted by Gasteiger charge is 2.10. The van der Waals surface area contributed by atoms with Gasteiger partial charge in [-0.2, -0.15) is 0 Å². The second-order valence-corrected chi connectivity index (χ2v) is 5.48. The molecule has 1 heterocycles. The van der Waals surface area contributed by atoms with Crippen LogP contribution in [-0.4, -0.2) is 10.9 Å². The first-order valence-corrected chi connectivity index (χ1v) is 6.84. The molecule has 5 heteroatoms. The number of rotatable bonds is 2. The fourth-order valence-corrected chi connectivity index (χ4v) is 2.21. The molecule has 0 spiro atoms. The fraction of sp³-hybridized carbons (Fsp3) is 0.143. The first kappa shape index (κ1) is 14.0. The molecular formula is C14H12BrClN2O. The molecule has 0 saturated heterocycles. The SMILES string of the molecule is Cc1ccc(C(=O)Nc2cnc(Cl)c(Br)c2)c(C)c1. The molecule has 1 aromatic carbocycles. The van der Waals surface area contributed by atoms with Crippen LogP contribution >= 0.6 is 27.5 Å². The third kappa shape index (κ3) is 3.33. The Morgan fingerprint density at radius 3 is 2.68 bits per heavy atom. The maximum atomic E-state index is 12.2. The van der Waals surface area contributed by atoms with Gasteiger partial charge in [0.1, 0.15) is 5.15 Å². The number of hydrogen-bond acceptors (Lipinski definition) is 2. The number of nitrogens with one attached hydrogen (secondary N) is 1. The van der Waals surface area contributed by atoms with Crippen molar-refractivity contribution < 1.29 is 4.79 Å². The zero-order valence-electron chi connectivity index (χ0n) is 10.5. The second-order valence-electron chi connectivity index (χ2n) is 4.27. The van der Waals surface area contributed by atoms with Gasteiger partial charge in [0.2, 0.25) is 0 Å². The van der Waals surface area contributed by atoms with Gasteiger partial charge in [-0.1, -0.05) is 29.3 Å². The van der Waals surface area contributed by atoms with Gasteiger partial charge in [0, 0.05) is 5.56 Å². The van der Waals surface area contributed by atoms with Crippen LogP contribution in [0.5, 0.6) is 0 Å². The molecule has 1 amide bonds. The van der Waals surface area contributed by atoms with Crippen molar-refractivity contribution in [3.05, 3.63) is 56.8 Å². The van der Waals surface area contributed by atoms with Gasteiger partial charge in [0.25, 0.3) is 5.91 Å². The van der Waals surface area contributed by atoms with Gasteiger partial charge in [0.15, 0.2) is 0 Å². The first-order valence-electron chi connectivity index (χ1n) is 5.67. The van der Waals surface area contributed by atoms with Crippen LogP contribution in [0.3, 0.4) is 0 Å². The molecule has 0 fully saturated rings. The van der Waals surface area contributed by atoms with Gasteiger partial charge in [-0.3, -0.25) is 4.79 Å². The summed E-state index contributed by atoms with van der Waals surface area (Å²) in [5, 5.41) is 3.16. The molecule has 0 aliphatic carbocycles. The number of benzene rings is 1. The monoisotopic (exact) mass is 338 g/mol. The lowest BCUT2D eigenvalue weighted by molar-refractivity contribution is 0.102. The molecule has 2 rings (SSSR count). The quantitative estimate of drug-likeness (QED) is 0.826. The van der Waals surface area contributed by atoms with Gasteiger partial charge in [-0.05, 0) is 47.5 Å². The Balaban J connectivity index is 2.23. The number of anilines is 1. The minimum atomic E-state index is -0.159. The number of halogens is 2. The van der Waals surface area contributed by atoms with E-state index < -0.39 is 0 Å². The van der Waals surface area contributed by atoms with Crippen LogP contribution in [0.15, 0.2) is 34.9 Å². The van der Waals surface area contributed by atoms with E-state index in [0.29, 0.717) is 20.9 Å². The molecule has 1 N–H and O–H groups in total. The molecule has 0 unspecified atom stereocenters. The van der Waals surface area contributed by atoms with Crippen LogP contribution in [-0.2, 0) is 0 Å². The molecule has 98 valence electrons. The minimum Gasteiger partial charge on any atom is -0.321 e. The Kier molecular flexibility index (Phi) is 4.22. The number of aromatic nitrogens is 1. The molecule has 3 nitrogen and oxygen atoms in total. The Hall–Kier alpha value is -1.39. The normalized spacial score (nSPS) is 10.3. The van der Waals surface area contributed by atoms with Crippen LogP contribution in [0.1, 0.15) is 21.5 Å². The van der Waals surface area contributed by atoms with Gasteiger partial charge in [-0.25, -0.2) is 4.98 Å². The number of carbonyl (C=O) groups excluding carboxylic acids is 1. The van der Waals surface area contributed by atoms with Crippen molar-refractivity contribution in [1.82, 2.24) is 4.98 Å². The number of hydrogen-bond donors (Lipinski definition) is 1. The first-order chi connectivity index (χ1) is 8.97. The summed E-state index contributed by atoms with van der Waals surface area (Å²) in [6.07, 6.45) is 1.52. The predicted molar refractivity (Wildman–Crippen MR) is 80.8 cm³/mol. The highest BCUT2D eigenvalue weighted by molar-refractivity contribution is 9.10. The molecule has 0 aliphatic heterocycles. The van der Waals surface area contributed by atoms with Crippen LogP contribution in [0, 0.1) is 13.8 Å². The van der Waals surface area contributed by atoms with Crippen molar-refractivity contribution >= 4 is 39.1 Å². The number of pyridine rings is 1. The lowest BCUT2D eigenvalue weighted by atomic mass is 10.1. The zero-order valence-corrected chi connectivity index (χ0v) is 12.8. The topological polar surface area (TPSA) is 42.0 Å². The predicted octanol–water partition coefficient (Wildman–Crippen LogP) is 4.37. The largest absolute Gasteiger partial charge is 0.321 e. The van der Waals surface area contributed by atoms with E-state index in [-0.39, 0.29) is 5.91 Å².